The standard InChI is InChI=1S/C14H10O3.C6H14O2/c15-13(11-7-3-1-4-8-11)14(16)17-12-9-5-2-6-10-12;1-4(5(2)7)6(3)8/h1-10H;4-8H,1-3H3. The van der Waals surface area contributed by atoms with Crippen molar-refractivity contribution in [3.05, 3.63) is 66.2 Å². The van der Waals surface area contributed by atoms with Crippen LogP contribution in [0.5, 0.6) is 5.75 Å². The summed E-state index contributed by atoms with van der Waals surface area (Å²) in [6.45, 7) is 5.17. The molecule has 2 aromatic rings. The number of ether oxygens (including phenoxy) is 1. The van der Waals surface area contributed by atoms with Crippen LogP contribution in [0.25, 0.3) is 0 Å². The highest BCUT2D eigenvalue weighted by Gasteiger charge is 2.18. The van der Waals surface area contributed by atoms with Crippen molar-refractivity contribution in [2.24, 2.45) is 5.92 Å². The zero-order chi connectivity index (χ0) is 18.8. The second kappa shape index (κ2) is 10.4. The lowest BCUT2D eigenvalue weighted by Crippen LogP contribution is -2.24. The Morgan fingerprint density at radius 2 is 1.24 bits per heavy atom. The van der Waals surface area contributed by atoms with E-state index in [0.29, 0.717) is 11.3 Å². The van der Waals surface area contributed by atoms with Crippen molar-refractivity contribution in [1.82, 2.24) is 0 Å². The first-order valence-corrected chi connectivity index (χ1v) is 8.05. The fraction of sp³-hybridized carbons (Fsp3) is 0.300. The quantitative estimate of drug-likeness (QED) is 0.377. The molecule has 2 aromatic carbocycles. The van der Waals surface area contributed by atoms with E-state index in [-0.39, 0.29) is 5.92 Å². The number of carbonyl (C=O) groups is 2. The van der Waals surface area contributed by atoms with E-state index in [1.807, 2.05) is 6.92 Å². The van der Waals surface area contributed by atoms with Crippen LogP contribution in [-0.4, -0.2) is 34.2 Å². The molecule has 0 aliphatic heterocycles. The molecule has 0 aliphatic carbocycles. The largest absolute Gasteiger partial charge is 0.421 e. The van der Waals surface area contributed by atoms with Gasteiger partial charge in [-0.1, -0.05) is 55.5 Å². The molecule has 2 rings (SSSR count). The number of ketones is 1. The molecule has 2 atom stereocenters. The van der Waals surface area contributed by atoms with Crippen LogP contribution in [0.1, 0.15) is 31.1 Å². The second-order valence-electron chi connectivity index (χ2n) is 5.74. The fourth-order valence-corrected chi connectivity index (χ4v) is 1.75. The van der Waals surface area contributed by atoms with E-state index >= 15 is 0 Å². The molecule has 2 unspecified atom stereocenters. The van der Waals surface area contributed by atoms with Crippen LogP contribution in [0, 0.1) is 5.92 Å². The van der Waals surface area contributed by atoms with Gasteiger partial charge in [0.05, 0.1) is 12.2 Å². The Bertz CT molecular complexity index is 642. The van der Waals surface area contributed by atoms with Crippen molar-refractivity contribution in [2.45, 2.75) is 33.0 Å². The van der Waals surface area contributed by atoms with Crippen molar-refractivity contribution >= 4 is 11.8 Å². The summed E-state index contributed by atoms with van der Waals surface area (Å²) in [5, 5.41) is 17.7. The highest BCUT2D eigenvalue weighted by molar-refractivity contribution is 6.41. The number of aliphatic hydroxyl groups is 2. The first kappa shape index (κ1) is 20.5. The van der Waals surface area contributed by atoms with Crippen molar-refractivity contribution < 1.29 is 24.5 Å². The Balaban J connectivity index is 0.000000333. The van der Waals surface area contributed by atoms with Gasteiger partial charge in [-0.05, 0) is 26.0 Å². The molecule has 5 nitrogen and oxygen atoms in total. The van der Waals surface area contributed by atoms with Crippen molar-refractivity contribution in [3.63, 3.8) is 0 Å². The SMILES string of the molecule is CC(O)C(C)C(C)O.O=C(Oc1ccccc1)C(=O)c1ccccc1. The summed E-state index contributed by atoms with van der Waals surface area (Å²) >= 11 is 0. The molecule has 0 aromatic heterocycles. The van der Waals surface area contributed by atoms with Crippen LogP contribution in [0.4, 0.5) is 0 Å². The summed E-state index contributed by atoms with van der Waals surface area (Å²) in [6, 6.07) is 16.8. The van der Waals surface area contributed by atoms with Gasteiger partial charge in [-0.25, -0.2) is 4.79 Å². The lowest BCUT2D eigenvalue weighted by atomic mass is 10.0. The predicted octanol–water partition coefficient (Wildman–Crippen LogP) is 2.86. The zero-order valence-electron chi connectivity index (χ0n) is 14.6. The molecule has 0 saturated carbocycles. The van der Waals surface area contributed by atoms with Gasteiger partial charge in [-0.3, -0.25) is 4.79 Å². The maximum absolute atomic E-state index is 11.7. The van der Waals surface area contributed by atoms with Gasteiger partial charge in [-0.2, -0.15) is 0 Å². The Kier molecular flexibility index (Phi) is 8.53. The molecule has 0 aliphatic rings. The molecule has 0 radical (unpaired) electrons. The number of hydrogen-bond acceptors (Lipinski definition) is 5. The molecule has 0 amide bonds. The number of carbonyl (C=O) groups excluding carboxylic acids is 2. The van der Waals surface area contributed by atoms with Gasteiger partial charge >= 0.3 is 5.97 Å². The molecule has 0 bridgehead atoms. The zero-order valence-corrected chi connectivity index (χ0v) is 14.6. The highest BCUT2D eigenvalue weighted by Crippen LogP contribution is 2.10. The first-order valence-electron chi connectivity index (χ1n) is 8.05. The van der Waals surface area contributed by atoms with Gasteiger partial charge in [0.1, 0.15) is 5.75 Å². The van der Waals surface area contributed by atoms with Gasteiger partial charge in [0.15, 0.2) is 0 Å². The maximum atomic E-state index is 11.7. The summed E-state index contributed by atoms with van der Waals surface area (Å²) < 4.78 is 4.94. The van der Waals surface area contributed by atoms with E-state index in [1.54, 1.807) is 74.5 Å². The third kappa shape index (κ3) is 7.28. The number of para-hydroxylation sites is 1. The van der Waals surface area contributed by atoms with Crippen LogP contribution < -0.4 is 4.74 Å². The lowest BCUT2D eigenvalue weighted by Gasteiger charge is -2.16. The summed E-state index contributed by atoms with van der Waals surface area (Å²) in [4.78, 5) is 23.2. The Labute approximate surface area is 147 Å². The molecular formula is C20H24O5. The van der Waals surface area contributed by atoms with Crippen LogP contribution >= 0.6 is 0 Å². The molecule has 0 saturated heterocycles. The Morgan fingerprint density at radius 3 is 1.64 bits per heavy atom. The van der Waals surface area contributed by atoms with Crippen LogP contribution in [0.15, 0.2) is 60.7 Å². The lowest BCUT2D eigenvalue weighted by molar-refractivity contribution is -0.129. The summed E-state index contributed by atoms with van der Waals surface area (Å²) in [7, 11) is 0. The van der Waals surface area contributed by atoms with Crippen molar-refractivity contribution in [2.75, 3.05) is 0 Å². The van der Waals surface area contributed by atoms with Crippen LogP contribution in [0.3, 0.4) is 0 Å². The summed E-state index contributed by atoms with van der Waals surface area (Å²) in [5.74, 6) is -1.17. The number of Topliss-reactive ketones (excluding diaryl/α,β-unsaturated/α-hetero) is 1. The molecule has 2 N–H and O–H groups in total. The normalized spacial score (nSPS) is 13.6. The van der Waals surface area contributed by atoms with Crippen molar-refractivity contribution in [1.29, 1.82) is 0 Å². The van der Waals surface area contributed by atoms with Gasteiger partial charge in [0.2, 0.25) is 0 Å². The number of hydrogen-bond donors (Lipinski definition) is 2. The highest BCUT2D eigenvalue weighted by atomic mass is 16.5. The minimum Gasteiger partial charge on any atom is -0.421 e. The van der Waals surface area contributed by atoms with Gasteiger partial charge in [-0.15, -0.1) is 0 Å². The Morgan fingerprint density at radius 1 is 0.800 bits per heavy atom. The molecule has 134 valence electrons. The van der Waals surface area contributed by atoms with Gasteiger partial charge < -0.3 is 14.9 Å². The molecule has 25 heavy (non-hydrogen) atoms. The van der Waals surface area contributed by atoms with E-state index < -0.39 is 24.0 Å². The molecule has 0 fully saturated rings. The van der Waals surface area contributed by atoms with E-state index in [2.05, 4.69) is 0 Å². The number of benzene rings is 2. The third-order valence-corrected chi connectivity index (χ3v) is 3.70. The fourth-order valence-electron chi connectivity index (χ4n) is 1.75. The van der Waals surface area contributed by atoms with E-state index in [0.717, 1.165) is 0 Å². The molecular weight excluding hydrogens is 320 g/mol. The van der Waals surface area contributed by atoms with Crippen LogP contribution in [0.2, 0.25) is 0 Å². The minimum atomic E-state index is -0.873. The van der Waals surface area contributed by atoms with Crippen molar-refractivity contribution in [3.8, 4) is 5.75 Å². The maximum Gasteiger partial charge on any atom is 0.385 e. The molecule has 0 heterocycles. The number of aliphatic hydroxyl groups excluding tert-OH is 2. The van der Waals surface area contributed by atoms with E-state index in [4.69, 9.17) is 14.9 Å². The van der Waals surface area contributed by atoms with E-state index in [1.165, 1.54) is 0 Å². The topological polar surface area (TPSA) is 83.8 Å². The van der Waals surface area contributed by atoms with E-state index in [9.17, 15) is 9.59 Å². The van der Waals surface area contributed by atoms with Crippen LogP contribution in [-0.2, 0) is 4.79 Å². The first-order chi connectivity index (χ1) is 11.8. The molecule has 0 spiro atoms. The second-order valence-corrected chi connectivity index (χ2v) is 5.74. The number of rotatable bonds is 5. The molecule has 5 heteroatoms. The monoisotopic (exact) mass is 344 g/mol. The predicted molar refractivity (Wildman–Crippen MR) is 95.4 cm³/mol. The average Bonchev–Trinajstić information content (AvgIpc) is 2.62. The Hall–Kier alpha value is -2.50. The third-order valence-electron chi connectivity index (χ3n) is 3.70. The minimum absolute atomic E-state index is 0.0185. The summed E-state index contributed by atoms with van der Waals surface area (Å²) in [6.07, 6.45) is -0.815. The number of esters is 1. The van der Waals surface area contributed by atoms with Gasteiger partial charge in [0.25, 0.3) is 5.78 Å². The average molecular weight is 344 g/mol. The van der Waals surface area contributed by atoms with Gasteiger partial charge in [0, 0.05) is 11.5 Å². The summed E-state index contributed by atoms with van der Waals surface area (Å²) in [5.41, 5.74) is 0.327. The smallest absolute Gasteiger partial charge is 0.385 e.